The largest absolute Gasteiger partial charge is 0.380 e. The molecule has 2 N–H and O–H groups in total. The highest BCUT2D eigenvalue weighted by molar-refractivity contribution is 5.15. The first-order chi connectivity index (χ1) is 8.42. The zero-order valence-corrected chi connectivity index (χ0v) is 10.1. The Morgan fingerprint density at radius 1 is 1.41 bits per heavy atom. The third-order valence-electron chi connectivity index (χ3n) is 3.61. The number of aromatic amines is 1. The van der Waals surface area contributed by atoms with E-state index in [9.17, 15) is 0 Å². The van der Waals surface area contributed by atoms with Crippen LogP contribution in [0.5, 0.6) is 0 Å². The maximum absolute atomic E-state index is 5.48. The SMILES string of the molecule is c1nc2c([nH]1)CNC(CN1CCCOCC1)C2. The second-order valence-corrected chi connectivity index (χ2v) is 4.88. The van der Waals surface area contributed by atoms with Gasteiger partial charge < -0.3 is 15.0 Å². The van der Waals surface area contributed by atoms with Crippen LogP contribution in [0.2, 0.25) is 0 Å². The average Bonchev–Trinajstić information content (AvgIpc) is 2.65. The Bertz CT molecular complexity index is 357. The van der Waals surface area contributed by atoms with Gasteiger partial charge in [-0.1, -0.05) is 0 Å². The van der Waals surface area contributed by atoms with Gasteiger partial charge >= 0.3 is 0 Å². The summed E-state index contributed by atoms with van der Waals surface area (Å²) in [6.45, 7) is 6.04. The minimum absolute atomic E-state index is 0.531. The Hall–Kier alpha value is -0.910. The second-order valence-electron chi connectivity index (χ2n) is 4.88. The van der Waals surface area contributed by atoms with Gasteiger partial charge in [0.15, 0.2) is 0 Å². The van der Waals surface area contributed by atoms with Gasteiger partial charge in [0, 0.05) is 45.2 Å². The maximum atomic E-state index is 5.48. The number of nitrogens with zero attached hydrogens (tertiary/aromatic N) is 2. The van der Waals surface area contributed by atoms with Crippen molar-refractivity contribution in [1.82, 2.24) is 20.2 Å². The lowest BCUT2D eigenvalue weighted by molar-refractivity contribution is 0.139. The van der Waals surface area contributed by atoms with Gasteiger partial charge in [-0.2, -0.15) is 0 Å². The molecule has 5 heteroatoms. The van der Waals surface area contributed by atoms with Crippen LogP contribution in [0.1, 0.15) is 17.8 Å². The normalized spacial score (nSPS) is 26.5. The lowest BCUT2D eigenvalue weighted by atomic mass is 10.0. The van der Waals surface area contributed by atoms with E-state index in [1.807, 2.05) is 0 Å². The van der Waals surface area contributed by atoms with Gasteiger partial charge in [0.05, 0.1) is 24.3 Å². The van der Waals surface area contributed by atoms with Crippen LogP contribution in [-0.4, -0.2) is 53.8 Å². The Labute approximate surface area is 102 Å². The van der Waals surface area contributed by atoms with E-state index in [0.29, 0.717) is 6.04 Å². The molecule has 3 rings (SSSR count). The monoisotopic (exact) mass is 236 g/mol. The van der Waals surface area contributed by atoms with E-state index >= 15 is 0 Å². The molecule has 0 radical (unpaired) electrons. The standard InChI is InChI=1S/C12H20N4O/c1-2-16(3-5-17-4-1)8-10-6-11-12(7-13-10)15-9-14-11/h9-10,13H,1-8H2,(H,14,15). The van der Waals surface area contributed by atoms with Gasteiger partial charge in [-0.05, 0) is 6.42 Å². The molecule has 17 heavy (non-hydrogen) atoms. The molecule has 1 saturated heterocycles. The molecular formula is C12H20N4O. The van der Waals surface area contributed by atoms with Gasteiger partial charge in [-0.15, -0.1) is 0 Å². The molecule has 3 heterocycles. The smallest absolute Gasteiger partial charge is 0.0925 e. The fraction of sp³-hybridized carbons (Fsp3) is 0.750. The summed E-state index contributed by atoms with van der Waals surface area (Å²) < 4.78 is 5.48. The zero-order chi connectivity index (χ0) is 11.5. The number of aromatic nitrogens is 2. The highest BCUT2D eigenvalue weighted by Crippen LogP contribution is 2.13. The summed E-state index contributed by atoms with van der Waals surface area (Å²) in [5.41, 5.74) is 2.49. The maximum Gasteiger partial charge on any atom is 0.0925 e. The molecule has 2 aliphatic rings. The zero-order valence-electron chi connectivity index (χ0n) is 10.1. The molecule has 1 unspecified atom stereocenters. The molecule has 0 aliphatic carbocycles. The Kier molecular flexibility index (Phi) is 3.40. The first-order valence-corrected chi connectivity index (χ1v) is 6.46. The highest BCUT2D eigenvalue weighted by Gasteiger charge is 2.22. The van der Waals surface area contributed by atoms with Crippen molar-refractivity contribution in [3.63, 3.8) is 0 Å². The van der Waals surface area contributed by atoms with Crippen molar-refractivity contribution < 1.29 is 4.74 Å². The van der Waals surface area contributed by atoms with Crippen LogP contribution in [0.3, 0.4) is 0 Å². The minimum Gasteiger partial charge on any atom is -0.380 e. The van der Waals surface area contributed by atoms with E-state index in [1.54, 1.807) is 6.33 Å². The molecule has 0 bridgehead atoms. The second kappa shape index (κ2) is 5.16. The van der Waals surface area contributed by atoms with Crippen molar-refractivity contribution in [2.75, 3.05) is 32.8 Å². The van der Waals surface area contributed by atoms with E-state index in [2.05, 4.69) is 20.2 Å². The molecule has 94 valence electrons. The van der Waals surface area contributed by atoms with Crippen LogP contribution < -0.4 is 5.32 Å². The molecule has 1 fully saturated rings. The van der Waals surface area contributed by atoms with Crippen LogP contribution in [0, 0.1) is 0 Å². The van der Waals surface area contributed by atoms with Crippen molar-refractivity contribution in [2.45, 2.75) is 25.4 Å². The third kappa shape index (κ3) is 2.68. The van der Waals surface area contributed by atoms with Crippen LogP contribution in [-0.2, 0) is 17.7 Å². The molecule has 1 aromatic rings. The summed E-state index contributed by atoms with van der Waals surface area (Å²) in [5.74, 6) is 0. The number of rotatable bonds is 2. The lowest BCUT2D eigenvalue weighted by Crippen LogP contribution is -2.45. The van der Waals surface area contributed by atoms with Gasteiger partial charge in [-0.25, -0.2) is 4.98 Å². The van der Waals surface area contributed by atoms with Crippen LogP contribution in [0.25, 0.3) is 0 Å². The number of hydrogen-bond acceptors (Lipinski definition) is 4. The van der Waals surface area contributed by atoms with Gasteiger partial charge in [0.2, 0.25) is 0 Å². The van der Waals surface area contributed by atoms with Crippen molar-refractivity contribution in [3.8, 4) is 0 Å². The molecule has 5 nitrogen and oxygen atoms in total. The van der Waals surface area contributed by atoms with E-state index in [0.717, 1.165) is 52.2 Å². The average molecular weight is 236 g/mol. The molecule has 0 aromatic carbocycles. The summed E-state index contributed by atoms with van der Waals surface area (Å²) in [5, 5.41) is 3.58. The quantitative estimate of drug-likeness (QED) is 0.767. The van der Waals surface area contributed by atoms with E-state index < -0.39 is 0 Å². The third-order valence-corrected chi connectivity index (χ3v) is 3.61. The highest BCUT2D eigenvalue weighted by atomic mass is 16.5. The predicted octanol–water partition coefficient (Wildman–Crippen LogP) is 0.146. The lowest BCUT2D eigenvalue weighted by Gasteiger charge is -2.29. The molecule has 2 aliphatic heterocycles. The predicted molar refractivity (Wildman–Crippen MR) is 64.8 cm³/mol. The number of ether oxygens (including phenoxy) is 1. The Morgan fingerprint density at radius 3 is 3.41 bits per heavy atom. The first-order valence-electron chi connectivity index (χ1n) is 6.46. The van der Waals surface area contributed by atoms with E-state index in [-0.39, 0.29) is 0 Å². The van der Waals surface area contributed by atoms with Crippen molar-refractivity contribution in [2.24, 2.45) is 0 Å². The van der Waals surface area contributed by atoms with Crippen molar-refractivity contribution >= 4 is 0 Å². The minimum atomic E-state index is 0.531. The first kappa shape index (κ1) is 11.2. The fourth-order valence-electron chi connectivity index (χ4n) is 2.65. The Balaban J connectivity index is 1.56. The molecule has 0 amide bonds. The number of imidazole rings is 1. The molecule has 0 saturated carbocycles. The fourth-order valence-corrected chi connectivity index (χ4v) is 2.65. The van der Waals surface area contributed by atoms with Crippen molar-refractivity contribution in [1.29, 1.82) is 0 Å². The van der Waals surface area contributed by atoms with E-state index in [1.165, 1.54) is 11.4 Å². The van der Waals surface area contributed by atoms with E-state index in [4.69, 9.17) is 4.74 Å². The van der Waals surface area contributed by atoms with Crippen molar-refractivity contribution in [3.05, 3.63) is 17.7 Å². The van der Waals surface area contributed by atoms with Crippen LogP contribution in [0.4, 0.5) is 0 Å². The number of H-pyrrole nitrogens is 1. The molecule has 1 atom stereocenters. The molecule has 0 spiro atoms. The van der Waals surface area contributed by atoms with Gasteiger partial charge in [0.25, 0.3) is 0 Å². The topological polar surface area (TPSA) is 53.2 Å². The summed E-state index contributed by atoms with van der Waals surface area (Å²) in [6.07, 6.45) is 3.99. The Morgan fingerprint density at radius 2 is 2.41 bits per heavy atom. The van der Waals surface area contributed by atoms with Crippen LogP contribution >= 0.6 is 0 Å². The summed E-state index contributed by atoms with van der Waals surface area (Å²) >= 11 is 0. The summed E-state index contributed by atoms with van der Waals surface area (Å²) in [7, 11) is 0. The number of fused-ring (bicyclic) bond motifs is 1. The van der Waals surface area contributed by atoms with Crippen LogP contribution in [0.15, 0.2) is 6.33 Å². The summed E-state index contributed by atoms with van der Waals surface area (Å²) in [4.78, 5) is 10.1. The number of nitrogens with one attached hydrogen (secondary N) is 2. The van der Waals surface area contributed by atoms with Gasteiger partial charge in [-0.3, -0.25) is 4.90 Å². The summed E-state index contributed by atoms with van der Waals surface area (Å²) in [6, 6.07) is 0.531. The molecular weight excluding hydrogens is 216 g/mol. The number of hydrogen-bond donors (Lipinski definition) is 2. The van der Waals surface area contributed by atoms with Gasteiger partial charge in [0.1, 0.15) is 0 Å². The molecule has 1 aromatic heterocycles.